The molecular formula is C21H21N5. The van der Waals surface area contributed by atoms with Crippen molar-refractivity contribution in [1.82, 2.24) is 19.9 Å². The number of piperazine rings is 1. The number of nitrogens with zero attached hydrogens (tertiary/aromatic N) is 4. The number of nitrogens with one attached hydrogen (secondary N) is 1. The summed E-state index contributed by atoms with van der Waals surface area (Å²) in [6.45, 7) is 4.13. The van der Waals surface area contributed by atoms with Gasteiger partial charge in [0.2, 0.25) is 0 Å². The number of aromatic nitrogens is 3. The molecule has 0 spiro atoms. The third-order valence-electron chi connectivity index (χ3n) is 5.32. The lowest BCUT2D eigenvalue weighted by Crippen LogP contribution is -2.44. The summed E-state index contributed by atoms with van der Waals surface area (Å²) in [4.78, 5) is 17.2. The van der Waals surface area contributed by atoms with E-state index >= 15 is 0 Å². The Morgan fingerprint density at radius 2 is 1.81 bits per heavy atom. The zero-order valence-corrected chi connectivity index (χ0v) is 14.8. The van der Waals surface area contributed by atoms with Crippen LogP contribution in [-0.4, -0.2) is 53.1 Å². The molecule has 1 fully saturated rings. The van der Waals surface area contributed by atoms with Crippen molar-refractivity contribution < 1.29 is 0 Å². The van der Waals surface area contributed by atoms with E-state index < -0.39 is 0 Å². The van der Waals surface area contributed by atoms with Crippen molar-refractivity contribution in [2.75, 3.05) is 38.1 Å². The highest BCUT2D eigenvalue weighted by Gasteiger charge is 2.18. The van der Waals surface area contributed by atoms with Crippen LogP contribution in [0.2, 0.25) is 0 Å². The zero-order valence-electron chi connectivity index (χ0n) is 14.8. The Kier molecular flexibility index (Phi) is 3.60. The Balaban J connectivity index is 1.65. The van der Waals surface area contributed by atoms with Gasteiger partial charge in [-0.25, -0.2) is 9.97 Å². The summed E-state index contributed by atoms with van der Waals surface area (Å²) >= 11 is 0. The second-order valence-electron chi connectivity index (χ2n) is 6.96. The van der Waals surface area contributed by atoms with Gasteiger partial charge in [-0.05, 0) is 42.4 Å². The molecule has 5 nitrogen and oxygen atoms in total. The van der Waals surface area contributed by atoms with Crippen LogP contribution in [0.5, 0.6) is 0 Å². The molecule has 0 atom stereocenters. The Bertz CT molecular complexity index is 1080. The van der Waals surface area contributed by atoms with Crippen molar-refractivity contribution in [3.63, 3.8) is 0 Å². The monoisotopic (exact) mass is 343 g/mol. The van der Waals surface area contributed by atoms with Crippen molar-refractivity contribution in [2.24, 2.45) is 0 Å². The summed E-state index contributed by atoms with van der Waals surface area (Å²) in [5.41, 5.74) is 4.59. The van der Waals surface area contributed by atoms with Crippen LogP contribution in [0.15, 0.2) is 55.0 Å². The smallest absolute Gasteiger partial charge is 0.139 e. The molecule has 0 radical (unpaired) electrons. The van der Waals surface area contributed by atoms with Gasteiger partial charge in [-0.2, -0.15) is 0 Å². The molecule has 3 heterocycles. The van der Waals surface area contributed by atoms with Gasteiger partial charge in [-0.15, -0.1) is 0 Å². The van der Waals surface area contributed by atoms with E-state index in [0.29, 0.717) is 0 Å². The molecule has 26 heavy (non-hydrogen) atoms. The molecule has 1 N–H and O–H groups in total. The summed E-state index contributed by atoms with van der Waals surface area (Å²) in [6.07, 6.45) is 3.68. The fraction of sp³-hybridized carbons (Fsp3) is 0.238. The molecular weight excluding hydrogens is 322 g/mol. The summed E-state index contributed by atoms with van der Waals surface area (Å²) in [6, 6.07) is 15.0. The van der Waals surface area contributed by atoms with Crippen LogP contribution in [0, 0.1) is 0 Å². The Morgan fingerprint density at radius 1 is 0.923 bits per heavy atom. The highest BCUT2D eigenvalue weighted by molar-refractivity contribution is 5.99. The van der Waals surface area contributed by atoms with Crippen LogP contribution >= 0.6 is 0 Å². The molecule has 0 saturated carbocycles. The van der Waals surface area contributed by atoms with Crippen molar-refractivity contribution >= 4 is 27.6 Å². The first-order valence-electron chi connectivity index (χ1n) is 9.04. The Labute approximate surface area is 152 Å². The molecule has 1 aliphatic heterocycles. The van der Waals surface area contributed by atoms with Crippen LogP contribution in [-0.2, 0) is 0 Å². The van der Waals surface area contributed by atoms with Crippen LogP contribution < -0.4 is 4.90 Å². The number of fused-ring (bicyclic) bond motifs is 2. The molecule has 130 valence electrons. The standard InChI is InChI=1S/C21H21N5/c1-25-9-11-26(12-10-25)21-18-13-15(5-6-20(18)23-14-24-21)16-3-2-4-19-17(16)7-8-22-19/h2-8,13-14,22H,9-12H2,1H3. The fourth-order valence-electron chi connectivity index (χ4n) is 3.82. The number of rotatable bonds is 2. The first-order valence-corrected chi connectivity index (χ1v) is 9.04. The van der Waals surface area contributed by atoms with Gasteiger partial charge in [0.15, 0.2) is 0 Å². The molecule has 2 aromatic carbocycles. The van der Waals surface area contributed by atoms with Crippen LogP contribution in [0.3, 0.4) is 0 Å². The lowest BCUT2D eigenvalue weighted by molar-refractivity contribution is 0.312. The van der Waals surface area contributed by atoms with Gasteiger partial charge in [0.05, 0.1) is 5.52 Å². The maximum atomic E-state index is 4.63. The number of likely N-dealkylation sites (N-methyl/N-ethyl adjacent to an activating group) is 1. The lowest BCUT2D eigenvalue weighted by atomic mass is 10.00. The fourth-order valence-corrected chi connectivity index (χ4v) is 3.82. The highest BCUT2D eigenvalue weighted by Crippen LogP contribution is 2.32. The number of hydrogen-bond acceptors (Lipinski definition) is 4. The predicted octanol–water partition coefficient (Wildman–Crippen LogP) is 3.53. The van der Waals surface area contributed by atoms with Crippen LogP contribution in [0.1, 0.15) is 0 Å². The summed E-state index contributed by atoms with van der Waals surface area (Å²) < 4.78 is 0. The van der Waals surface area contributed by atoms with Crippen molar-refractivity contribution in [3.05, 3.63) is 55.0 Å². The molecule has 0 aliphatic carbocycles. The Morgan fingerprint density at radius 3 is 2.69 bits per heavy atom. The van der Waals surface area contributed by atoms with Crippen molar-refractivity contribution in [3.8, 4) is 11.1 Å². The largest absolute Gasteiger partial charge is 0.361 e. The summed E-state index contributed by atoms with van der Waals surface area (Å²) in [5, 5.41) is 2.37. The van der Waals surface area contributed by atoms with Crippen molar-refractivity contribution in [1.29, 1.82) is 0 Å². The quantitative estimate of drug-likeness (QED) is 0.605. The van der Waals surface area contributed by atoms with Gasteiger partial charge in [0, 0.05) is 48.7 Å². The number of aromatic amines is 1. The normalized spacial score (nSPS) is 15.8. The minimum absolute atomic E-state index is 0.999. The topological polar surface area (TPSA) is 48.1 Å². The summed E-state index contributed by atoms with van der Waals surface area (Å²) in [7, 11) is 2.17. The van der Waals surface area contributed by atoms with E-state index in [1.54, 1.807) is 6.33 Å². The number of benzene rings is 2. The average molecular weight is 343 g/mol. The third kappa shape index (κ3) is 2.52. The predicted molar refractivity (Wildman–Crippen MR) is 107 cm³/mol. The average Bonchev–Trinajstić information content (AvgIpc) is 3.17. The maximum Gasteiger partial charge on any atom is 0.139 e. The van der Waals surface area contributed by atoms with E-state index in [1.807, 2.05) is 6.20 Å². The van der Waals surface area contributed by atoms with E-state index in [9.17, 15) is 0 Å². The molecule has 0 unspecified atom stereocenters. The first-order chi connectivity index (χ1) is 12.8. The molecule has 0 bridgehead atoms. The molecule has 1 aliphatic rings. The Hall–Kier alpha value is -2.92. The van der Waals surface area contributed by atoms with Gasteiger partial charge >= 0.3 is 0 Å². The SMILES string of the molecule is CN1CCN(c2ncnc3ccc(-c4cccc5[nH]ccc45)cc23)CC1. The van der Waals surface area contributed by atoms with E-state index in [0.717, 1.165) is 48.4 Å². The zero-order chi connectivity index (χ0) is 17.5. The van der Waals surface area contributed by atoms with E-state index in [1.165, 1.54) is 16.5 Å². The molecule has 5 rings (SSSR count). The maximum absolute atomic E-state index is 4.63. The second kappa shape index (κ2) is 6.11. The molecule has 2 aromatic heterocycles. The van der Waals surface area contributed by atoms with Gasteiger partial charge in [0.1, 0.15) is 12.1 Å². The van der Waals surface area contributed by atoms with Gasteiger partial charge in [0.25, 0.3) is 0 Å². The molecule has 0 amide bonds. The lowest BCUT2D eigenvalue weighted by Gasteiger charge is -2.33. The third-order valence-corrected chi connectivity index (χ3v) is 5.32. The number of anilines is 1. The molecule has 1 saturated heterocycles. The minimum atomic E-state index is 0.999. The van der Waals surface area contributed by atoms with E-state index in [4.69, 9.17) is 0 Å². The first kappa shape index (κ1) is 15.3. The van der Waals surface area contributed by atoms with Crippen LogP contribution in [0.25, 0.3) is 32.9 Å². The molecule has 5 heteroatoms. The van der Waals surface area contributed by atoms with Gasteiger partial charge in [-0.1, -0.05) is 18.2 Å². The van der Waals surface area contributed by atoms with Gasteiger partial charge < -0.3 is 14.8 Å². The summed E-state index contributed by atoms with van der Waals surface area (Å²) in [5.74, 6) is 1.05. The second-order valence-corrected chi connectivity index (χ2v) is 6.96. The number of hydrogen-bond donors (Lipinski definition) is 1. The van der Waals surface area contributed by atoms with Gasteiger partial charge in [-0.3, -0.25) is 0 Å². The van der Waals surface area contributed by atoms with E-state index in [-0.39, 0.29) is 0 Å². The highest BCUT2D eigenvalue weighted by atomic mass is 15.3. The van der Waals surface area contributed by atoms with E-state index in [2.05, 4.69) is 74.3 Å². The minimum Gasteiger partial charge on any atom is -0.361 e. The van der Waals surface area contributed by atoms with Crippen LogP contribution in [0.4, 0.5) is 5.82 Å². The van der Waals surface area contributed by atoms with Crippen molar-refractivity contribution in [2.45, 2.75) is 0 Å². The number of H-pyrrole nitrogens is 1. The molecule has 4 aromatic rings.